The predicted octanol–water partition coefficient (Wildman–Crippen LogP) is 5.84. The Morgan fingerprint density at radius 2 is 1.82 bits per heavy atom. The largest absolute Gasteiger partial charge is 0.378 e. The maximum absolute atomic E-state index is 13.8. The Kier molecular flexibility index (Phi) is 10.6. The first-order valence-corrected chi connectivity index (χ1v) is 15.8. The summed E-state index contributed by atoms with van der Waals surface area (Å²) >= 11 is 1.40. The molecule has 236 valence electrons. The fraction of sp³-hybridized carbons (Fsp3) is 0.455. The molecule has 3 heterocycles. The molecule has 0 aliphatic carbocycles. The third-order valence-corrected chi connectivity index (χ3v) is 9.05. The SMILES string of the molecule is Cc1ccc(NC(=O)Nc2sc(C(C)(C)C)cc2C(=O)N(CCN(C)C=O)C(C)C)cc1-c1ccc(N2CCOCC2)nc1. The molecule has 4 amide bonds. The summed E-state index contributed by atoms with van der Waals surface area (Å²) in [5.41, 5.74) is 3.84. The van der Waals surface area contributed by atoms with Gasteiger partial charge in [-0.3, -0.25) is 14.9 Å². The molecule has 1 fully saturated rings. The molecule has 11 heteroatoms. The number of thiophene rings is 1. The number of urea groups is 1. The topological polar surface area (TPSA) is 107 Å². The first kappa shape index (κ1) is 32.9. The molecule has 3 aromatic rings. The minimum atomic E-state index is -0.436. The number of anilines is 3. The molecule has 0 bridgehead atoms. The number of ether oxygens (including phenoxy) is 1. The highest BCUT2D eigenvalue weighted by atomic mass is 32.1. The van der Waals surface area contributed by atoms with Crippen molar-refractivity contribution in [2.75, 3.05) is 62.0 Å². The van der Waals surface area contributed by atoms with E-state index in [2.05, 4.69) is 47.4 Å². The van der Waals surface area contributed by atoms with Crippen LogP contribution in [-0.2, 0) is 14.9 Å². The van der Waals surface area contributed by atoms with E-state index in [1.807, 2.05) is 57.3 Å². The number of morpholine rings is 1. The highest BCUT2D eigenvalue weighted by Gasteiger charge is 2.28. The van der Waals surface area contributed by atoms with Crippen molar-refractivity contribution in [3.63, 3.8) is 0 Å². The average Bonchev–Trinajstić information content (AvgIpc) is 3.42. The number of rotatable bonds is 10. The lowest BCUT2D eigenvalue weighted by Gasteiger charge is -2.28. The van der Waals surface area contributed by atoms with E-state index in [1.165, 1.54) is 16.2 Å². The summed E-state index contributed by atoms with van der Waals surface area (Å²) in [5, 5.41) is 6.38. The molecule has 1 aromatic carbocycles. The molecule has 10 nitrogen and oxygen atoms in total. The second kappa shape index (κ2) is 14.2. The van der Waals surface area contributed by atoms with Gasteiger partial charge in [-0.1, -0.05) is 26.8 Å². The predicted molar refractivity (Wildman–Crippen MR) is 178 cm³/mol. The highest BCUT2D eigenvalue weighted by Crippen LogP contribution is 2.37. The molecule has 4 rings (SSSR count). The molecule has 0 spiro atoms. The van der Waals surface area contributed by atoms with Gasteiger partial charge in [0, 0.05) is 61.6 Å². The lowest BCUT2D eigenvalue weighted by Crippen LogP contribution is -2.41. The Bertz CT molecular complexity index is 1460. The van der Waals surface area contributed by atoms with Crippen LogP contribution in [0.4, 0.5) is 21.3 Å². The quantitative estimate of drug-likeness (QED) is 0.276. The number of aromatic nitrogens is 1. The summed E-state index contributed by atoms with van der Waals surface area (Å²) in [7, 11) is 1.68. The molecule has 0 saturated carbocycles. The normalized spacial score (nSPS) is 13.5. The summed E-state index contributed by atoms with van der Waals surface area (Å²) in [6.07, 6.45) is 2.61. The van der Waals surface area contributed by atoms with Gasteiger partial charge < -0.3 is 24.8 Å². The van der Waals surface area contributed by atoms with Gasteiger partial charge in [0.15, 0.2) is 0 Å². The van der Waals surface area contributed by atoms with Crippen LogP contribution in [0, 0.1) is 6.92 Å². The number of nitrogens with zero attached hydrogens (tertiary/aromatic N) is 4. The van der Waals surface area contributed by atoms with Crippen LogP contribution in [-0.4, -0.2) is 85.6 Å². The van der Waals surface area contributed by atoms with Crippen molar-refractivity contribution in [2.24, 2.45) is 0 Å². The third-order valence-electron chi connectivity index (χ3n) is 7.58. The van der Waals surface area contributed by atoms with Crippen LogP contribution in [0.1, 0.15) is 55.4 Å². The van der Waals surface area contributed by atoms with Gasteiger partial charge in [-0.2, -0.15) is 0 Å². The number of carbonyl (C=O) groups excluding carboxylic acids is 3. The average molecular weight is 621 g/mol. The van der Waals surface area contributed by atoms with Crippen LogP contribution in [0.25, 0.3) is 11.1 Å². The maximum atomic E-state index is 13.8. The minimum absolute atomic E-state index is 0.0920. The maximum Gasteiger partial charge on any atom is 0.324 e. The number of amides is 4. The van der Waals surface area contributed by atoms with Crippen molar-refractivity contribution in [1.29, 1.82) is 0 Å². The Balaban J connectivity index is 1.53. The van der Waals surface area contributed by atoms with E-state index in [-0.39, 0.29) is 17.4 Å². The molecule has 0 unspecified atom stereocenters. The molecule has 2 N–H and O–H groups in total. The monoisotopic (exact) mass is 620 g/mol. The smallest absolute Gasteiger partial charge is 0.324 e. The van der Waals surface area contributed by atoms with E-state index in [1.54, 1.807) is 11.9 Å². The van der Waals surface area contributed by atoms with Gasteiger partial charge in [-0.05, 0) is 67.6 Å². The Morgan fingerprint density at radius 1 is 1.09 bits per heavy atom. The molecule has 1 aliphatic heterocycles. The van der Waals surface area contributed by atoms with Gasteiger partial charge in [0.25, 0.3) is 5.91 Å². The Labute approximate surface area is 264 Å². The fourth-order valence-electron chi connectivity index (χ4n) is 4.88. The van der Waals surface area contributed by atoms with E-state index in [0.29, 0.717) is 42.6 Å². The van der Waals surface area contributed by atoms with Crippen LogP contribution >= 0.6 is 11.3 Å². The molecular weight excluding hydrogens is 576 g/mol. The van der Waals surface area contributed by atoms with E-state index < -0.39 is 6.03 Å². The van der Waals surface area contributed by atoms with Crippen molar-refractivity contribution in [3.05, 3.63) is 58.6 Å². The number of carbonyl (C=O) groups is 3. The van der Waals surface area contributed by atoms with E-state index in [9.17, 15) is 14.4 Å². The zero-order valence-corrected chi connectivity index (χ0v) is 27.6. The lowest BCUT2D eigenvalue weighted by atomic mass is 9.94. The third kappa shape index (κ3) is 8.15. The second-order valence-electron chi connectivity index (χ2n) is 12.4. The van der Waals surface area contributed by atoms with Crippen LogP contribution < -0.4 is 15.5 Å². The number of hydrogen-bond donors (Lipinski definition) is 2. The van der Waals surface area contributed by atoms with Gasteiger partial charge in [0.2, 0.25) is 6.41 Å². The van der Waals surface area contributed by atoms with E-state index in [4.69, 9.17) is 4.74 Å². The molecule has 1 saturated heterocycles. The summed E-state index contributed by atoms with van der Waals surface area (Å²) in [5.74, 6) is 0.734. The van der Waals surface area contributed by atoms with E-state index >= 15 is 0 Å². The van der Waals surface area contributed by atoms with Crippen LogP contribution in [0.5, 0.6) is 0 Å². The van der Waals surface area contributed by atoms with E-state index in [0.717, 1.165) is 46.9 Å². The fourth-order valence-corrected chi connectivity index (χ4v) is 5.98. The zero-order chi connectivity index (χ0) is 32.0. The second-order valence-corrected chi connectivity index (χ2v) is 13.4. The first-order valence-electron chi connectivity index (χ1n) is 15.0. The number of benzene rings is 1. The number of hydrogen-bond acceptors (Lipinski definition) is 7. The van der Waals surface area contributed by atoms with Gasteiger partial charge in [0.1, 0.15) is 10.8 Å². The van der Waals surface area contributed by atoms with Crippen molar-refractivity contribution in [1.82, 2.24) is 14.8 Å². The molecule has 2 aromatic heterocycles. The minimum Gasteiger partial charge on any atom is -0.378 e. The van der Waals surface area contributed by atoms with Gasteiger partial charge >= 0.3 is 6.03 Å². The summed E-state index contributed by atoms with van der Waals surface area (Å²) in [6.45, 7) is 16.0. The molecule has 1 aliphatic rings. The Hall–Kier alpha value is -3.96. The van der Waals surface area contributed by atoms with Crippen molar-refractivity contribution in [2.45, 2.75) is 53.0 Å². The van der Waals surface area contributed by atoms with Crippen LogP contribution in [0.3, 0.4) is 0 Å². The van der Waals surface area contributed by atoms with Crippen LogP contribution in [0.2, 0.25) is 0 Å². The van der Waals surface area contributed by atoms with Gasteiger partial charge in [0.05, 0.1) is 18.8 Å². The summed E-state index contributed by atoms with van der Waals surface area (Å²) in [4.78, 5) is 49.3. The standard InChI is InChI=1S/C33H44N6O4S/c1-22(2)39(13-12-37(7)21-40)31(41)27-19-28(33(4,5)6)44-30(27)36-32(42)35-25-10-8-23(3)26(18-25)24-9-11-29(34-20-24)38-14-16-43-17-15-38/h8-11,18-22H,12-17H2,1-7H3,(H2,35,36,42). The molecule has 44 heavy (non-hydrogen) atoms. The Morgan fingerprint density at radius 3 is 2.43 bits per heavy atom. The van der Waals surface area contributed by atoms with Gasteiger partial charge in [-0.25, -0.2) is 9.78 Å². The number of pyridine rings is 1. The lowest BCUT2D eigenvalue weighted by molar-refractivity contribution is -0.117. The molecule has 0 atom stereocenters. The zero-order valence-electron chi connectivity index (χ0n) is 26.8. The number of aryl methyl sites for hydroxylation is 1. The number of nitrogens with one attached hydrogen (secondary N) is 2. The molecule has 0 radical (unpaired) electrons. The number of likely N-dealkylation sites (N-methyl/N-ethyl adjacent to an activating group) is 1. The van der Waals surface area contributed by atoms with Crippen molar-refractivity contribution >= 4 is 46.2 Å². The van der Waals surface area contributed by atoms with Crippen molar-refractivity contribution < 1.29 is 19.1 Å². The van der Waals surface area contributed by atoms with Crippen LogP contribution in [0.15, 0.2) is 42.6 Å². The van der Waals surface area contributed by atoms with Gasteiger partial charge in [-0.15, -0.1) is 11.3 Å². The summed E-state index contributed by atoms with van der Waals surface area (Å²) in [6, 6.07) is 11.2. The molecular formula is C33H44N6O4S. The summed E-state index contributed by atoms with van der Waals surface area (Å²) < 4.78 is 5.45. The first-order chi connectivity index (χ1) is 20.9. The highest BCUT2D eigenvalue weighted by molar-refractivity contribution is 7.16. The van der Waals surface area contributed by atoms with Crippen molar-refractivity contribution in [3.8, 4) is 11.1 Å².